The lowest BCUT2D eigenvalue weighted by Gasteiger charge is -2.26. The summed E-state index contributed by atoms with van der Waals surface area (Å²) in [5.74, 6) is -0.0747. The van der Waals surface area contributed by atoms with Crippen LogP contribution in [0.1, 0.15) is 29.6 Å². The zero-order valence-corrected chi connectivity index (χ0v) is 10.8. The first-order chi connectivity index (χ1) is 9.22. The minimum atomic E-state index is -0.217. The maximum absolute atomic E-state index is 11.8. The van der Waals surface area contributed by atoms with Gasteiger partial charge >= 0.3 is 0 Å². The van der Waals surface area contributed by atoms with Crippen LogP contribution in [0.25, 0.3) is 0 Å². The number of aliphatic hydroxyl groups is 1. The number of rotatable bonds is 4. The highest BCUT2D eigenvalue weighted by molar-refractivity contribution is 5.96. The number of aliphatic hydroxyl groups excluding tert-OH is 1. The van der Waals surface area contributed by atoms with Gasteiger partial charge in [-0.05, 0) is 37.1 Å². The average molecular weight is 262 g/mol. The Morgan fingerprint density at radius 2 is 2.00 bits per heavy atom. The standard InChI is InChI=1S/C14H18N2O3/c17-10-8-15-14(19)11-4-6-12(7-5-11)16-9-2-1-3-13(16)18/h4-7,17H,1-3,8-10H2,(H,15,19). The molecule has 2 N–H and O–H groups in total. The van der Waals surface area contributed by atoms with Gasteiger partial charge in [0.05, 0.1) is 6.61 Å². The van der Waals surface area contributed by atoms with Crippen LogP contribution >= 0.6 is 0 Å². The molecule has 1 aromatic carbocycles. The zero-order chi connectivity index (χ0) is 13.7. The molecular formula is C14H18N2O3. The van der Waals surface area contributed by atoms with E-state index in [-0.39, 0.29) is 25.0 Å². The molecule has 1 heterocycles. The maximum atomic E-state index is 11.8. The molecule has 19 heavy (non-hydrogen) atoms. The molecule has 0 atom stereocenters. The van der Waals surface area contributed by atoms with Gasteiger partial charge in [0.25, 0.3) is 5.91 Å². The van der Waals surface area contributed by atoms with E-state index in [2.05, 4.69) is 5.32 Å². The van der Waals surface area contributed by atoms with Gasteiger partial charge in [0.15, 0.2) is 0 Å². The lowest BCUT2D eigenvalue weighted by molar-refractivity contribution is -0.119. The van der Waals surface area contributed by atoms with Crippen LogP contribution in [-0.4, -0.2) is 36.6 Å². The molecule has 1 saturated heterocycles. The van der Waals surface area contributed by atoms with E-state index in [9.17, 15) is 9.59 Å². The number of benzene rings is 1. The molecule has 1 aliphatic heterocycles. The van der Waals surface area contributed by atoms with E-state index in [0.717, 1.165) is 25.1 Å². The molecule has 102 valence electrons. The van der Waals surface area contributed by atoms with Crippen LogP contribution in [0.4, 0.5) is 5.69 Å². The summed E-state index contributed by atoms with van der Waals surface area (Å²) in [5, 5.41) is 11.2. The van der Waals surface area contributed by atoms with Crippen LogP contribution in [0.3, 0.4) is 0 Å². The molecule has 0 aliphatic carbocycles. The lowest BCUT2D eigenvalue weighted by Crippen LogP contribution is -2.35. The fourth-order valence-corrected chi connectivity index (χ4v) is 2.14. The number of hydrogen-bond donors (Lipinski definition) is 2. The Balaban J connectivity index is 2.05. The minimum absolute atomic E-state index is 0.0773. The third-order valence-electron chi connectivity index (χ3n) is 3.16. The van der Waals surface area contributed by atoms with Gasteiger partial charge in [0.1, 0.15) is 0 Å². The lowest BCUT2D eigenvalue weighted by atomic mass is 10.1. The monoisotopic (exact) mass is 262 g/mol. The molecule has 0 aromatic heterocycles. The first kappa shape index (κ1) is 13.5. The van der Waals surface area contributed by atoms with Crippen molar-refractivity contribution in [3.05, 3.63) is 29.8 Å². The summed E-state index contributed by atoms with van der Waals surface area (Å²) >= 11 is 0. The van der Waals surface area contributed by atoms with Crippen molar-refractivity contribution in [2.75, 3.05) is 24.6 Å². The third-order valence-corrected chi connectivity index (χ3v) is 3.16. The highest BCUT2D eigenvalue weighted by Crippen LogP contribution is 2.21. The van der Waals surface area contributed by atoms with E-state index < -0.39 is 0 Å². The Morgan fingerprint density at radius 1 is 1.26 bits per heavy atom. The SMILES string of the molecule is O=C(NCCO)c1ccc(N2CCCCC2=O)cc1. The Kier molecular flexibility index (Phi) is 4.52. The fourth-order valence-electron chi connectivity index (χ4n) is 2.14. The molecule has 5 heteroatoms. The molecule has 5 nitrogen and oxygen atoms in total. The van der Waals surface area contributed by atoms with Crippen LogP contribution in [0.2, 0.25) is 0 Å². The van der Waals surface area contributed by atoms with Crippen molar-refractivity contribution in [2.24, 2.45) is 0 Å². The summed E-state index contributed by atoms with van der Waals surface area (Å²) in [6.07, 6.45) is 2.57. The van der Waals surface area contributed by atoms with Gasteiger partial charge in [-0.2, -0.15) is 0 Å². The van der Waals surface area contributed by atoms with Crippen molar-refractivity contribution in [1.29, 1.82) is 0 Å². The van der Waals surface area contributed by atoms with Crippen molar-refractivity contribution in [3.63, 3.8) is 0 Å². The summed E-state index contributed by atoms with van der Waals surface area (Å²) in [6.45, 7) is 0.909. The normalized spacial score (nSPS) is 15.4. The van der Waals surface area contributed by atoms with Crippen LogP contribution in [0, 0.1) is 0 Å². The smallest absolute Gasteiger partial charge is 0.251 e. The number of nitrogens with zero attached hydrogens (tertiary/aromatic N) is 1. The average Bonchev–Trinajstić information content (AvgIpc) is 2.45. The van der Waals surface area contributed by atoms with Crippen molar-refractivity contribution >= 4 is 17.5 Å². The van der Waals surface area contributed by atoms with E-state index in [0.29, 0.717) is 12.0 Å². The van der Waals surface area contributed by atoms with Crippen molar-refractivity contribution in [2.45, 2.75) is 19.3 Å². The van der Waals surface area contributed by atoms with E-state index in [1.165, 1.54) is 0 Å². The van der Waals surface area contributed by atoms with E-state index in [4.69, 9.17) is 5.11 Å². The number of hydrogen-bond acceptors (Lipinski definition) is 3. The molecule has 0 unspecified atom stereocenters. The summed E-state index contributed by atoms with van der Waals surface area (Å²) < 4.78 is 0. The Labute approximate surface area is 112 Å². The van der Waals surface area contributed by atoms with E-state index in [1.54, 1.807) is 29.2 Å². The van der Waals surface area contributed by atoms with Gasteiger partial charge in [0.2, 0.25) is 5.91 Å². The molecule has 0 saturated carbocycles. The number of piperidine rings is 1. The summed E-state index contributed by atoms with van der Waals surface area (Å²) in [7, 11) is 0. The second kappa shape index (κ2) is 6.33. The molecule has 1 fully saturated rings. The number of amides is 2. The van der Waals surface area contributed by atoms with Crippen LogP contribution < -0.4 is 10.2 Å². The van der Waals surface area contributed by atoms with Gasteiger partial charge in [0, 0.05) is 30.8 Å². The quantitative estimate of drug-likeness (QED) is 0.848. The van der Waals surface area contributed by atoms with Gasteiger partial charge in [-0.25, -0.2) is 0 Å². The van der Waals surface area contributed by atoms with Crippen LogP contribution in [0.15, 0.2) is 24.3 Å². The summed E-state index contributed by atoms with van der Waals surface area (Å²) in [5.41, 5.74) is 1.37. The molecule has 0 spiro atoms. The third kappa shape index (κ3) is 3.32. The zero-order valence-electron chi connectivity index (χ0n) is 10.8. The molecular weight excluding hydrogens is 244 g/mol. The van der Waals surface area contributed by atoms with Gasteiger partial charge in [-0.3, -0.25) is 9.59 Å². The second-order valence-electron chi connectivity index (χ2n) is 4.53. The minimum Gasteiger partial charge on any atom is -0.395 e. The number of carbonyl (C=O) groups is 2. The molecule has 1 aromatic rings. The van der Waals surface area contributed by atoms with E-state index >= 15 is 0 Å². The molecule has 2 amide bonds. The molecule has 1 aliphatic rings. The first-order valence-electron chi connectivity index (χ1n) is 6.52. The van der Waals surface area contributed by atoms with Crippen molar-refractivity contribution in [3.8, 4) is 0 Å². The number of anilines is 1. The highest BCUT2D eigenvalue weighted by Gasteiger charge is 2.19. The predicted molar refractivity (Wildman–Crippen MR) is 72.1 cm³/mol. The van der Waals surface area contributed by atoms with Gasteiger partial charge in [-0.1, -0.05) is 0 Å². The largest absolute Gasteiger partial charge is 0.395 e. The van der Waals surface area contributed by atoms with Crippen LogP contribution in [0.5, 0.6) is 0 Å². The Hall–Kier alpha value is -1.88. The Morgan fingerprint density at radius 3 is 2.63 bits per heavy atom. The maximum Gasteiger partial charge on any atom is 0.251 e. The highest BCUT2D eigenvalue weighted by atomic mass is 16.3. The number of carbonyl (C=O) groups excluding carboxylic acids is 2. The van der Waals surface area contributed by atoms with Crippen molar-refractivity contribution < 1.29 is 14.7 Å². The van der Waals surface area contributed by atoms with Crippen LogP contribution in [-0.2, 0) is 4.79 Å². The van der Waals surface area contributed by atoms with Gasteiger partial charge < -0.3 is 15.3 Å². The second-order valence-corrected chi connectivity index (χ2v) is 4.53. The predicted octanol–water partition coefficient (Wildman–Crippen LogP) is 0.926. The van der Waals surface area contributed by atoms with Gasteiger partial charge in [-0.15, -0.1) is 0 Å². The van der Waals surface area contributed by atoms with E-state index in [1.807, 2.05) is 0 Å². The fraction of sp³-hybridized carbons (Fsp3) is 0.429. The first-order valence-corrected chi connectivity index (χ1v) is 6.52. The molecule has 0 bridgehead atoms. The summed E-state index contributed by atoms with van der Waals surface area (Å²) in [4.78, 5) is 25.2. The Bertz CT molecular complexity index is 456. The topological polar surface area (TPSA) is 69.6 Å². The number of nitrogens with one attached hydrogen (secondary N) is 1. The molecule has 2 rings (SSSR count). The van der Waals surface area contributed by atoms with Crippen molar-refractivity contribution in [1.82, 2.24) is 5.32 Å². The summed E-state index contributed by atoms with van der Waals surface area (Å²) in [6, 6.07) is 6.97. The molecule has 0 radical (unpaired) electrons.